The maximum absolute atomic E-state index is 12.7. The molecule has 6 heteroatoms. The molecule has 1 saturated heterocycles. The molecule has 0 saturated carbocycles. The normalized spacial score (nSPS) is 17.5. The number of amides is 2. The van der Waals surface area contributed by atoms with Crippen LogP contribution in [0, 0.1) is 11.3 Å². The second-order valence-electron chi connectivity index (χ2n) is 9.38. The molecule has 5 nitrogen and oxygen atoms in total. The predicted octanol–water partition coefficient (Wildman–Crippen LogP) is 5.87. The molecule has 166 valence electrons. The average molecular weight is 441 g/mol. The molecule has 0 radical (unpaired) electrons. The zero-order chi connectivity index (χ0) is 22.6. The molecule has 0 bridgehead atoms. The second-order valence-corrected chi connectivity index (χ2v) is 10.4. The van der Waals surface area contributed by atoms with Gasteiger partial charge in [-0.2, -0.15) is 0 Å². The van der Waals surface area contributed by atoms with Crippen LogP contribution in [-0.2, 0) is 9.59 Å². The van der Waals surface area contributed by atoms with Crippen molar-refractivity contribution in [3.63, 3.8) is 0 Å². The van der Waals surface area contributed by atoms with Crippen LogP contribution in [0.1, 0.15) is 51.5 Å². The van der Waals surface area contributed by atoms with E-state index in [9.17, 15) is 9.59 Å². The number of anilines is 2. The summed E-state index contributed by atoms with van der Waals surface area (Å²) in [5, 5.41) is 2.89. The summed E-state index contributed by atoms with van der Waals surface area (Å²) in [5.41, 5.74) is 2.76. The number of hydrogen-bond acceptors (Lipinski definition) is 4. The minimum absolute atomic E-state index is 0.0219. The summed E-state index contributed by atoms with van der Waals surface area (Å²) >= 11 is 1.59. The lowest BCUT2D eigenvalue weighted by Crippen LogP contribution is -2.27. The second kappa shape index (κ2) is 9.77. The van der Waals surface area contributed by atoms with E-state index in [2.05, 4.69) is 33.0 Å². The monoisotopic (exact) mass is 440 g/mol. The van der Waals surface area contributed by atoms with Gasteiger partial charge in [-0.1, -0.05) is 45.9 Å². The third kappa shape index (κ3) is 6.26. The van der Waals surface area contributed by atoms with Crippen molar-refractivity contribution in [2.24, 2.45) is 11.3 Å². The Kier molecular flexibility index (Phi) is 7.31. The van der Waals surface area contributed by atoms with Crippen LogP contribution < -0.4 is 15.0 Å². The number of benzene rings is 2. The highest BCUT2D eigenvalue weighted by Gasteiger charge is 2.34. The van der Waals surface area contributed by atoms with Crippen molar-refractivity contribution in [3.8, 4) is 5.75 Å². The molecule has 0 aromatic heterocycles. The summed E-state index contributed by atoms with van der Waals surface area (Å²) in [4.78, 5) is 27.0. The third-order valence-electron chi connectivity index (χ3n) is 5.15. The zero-order valence-electron chi connectivity index (χ0n) is 19.0. The quantitative estimate of drug-likeness (QED) is 0.584. The molecule has 2 atom stereocenters. The smallest absolute Gasteiger partial charge is 0.238 e. The number of methoxy groups -OCH3 is 1. The maximum Gasteiger partial charge on any atom is 0.238 e. The number of thioether (sulfide) groups is 1. The number of carbonyl (C=O) groups excluding carboxylic acids is 2. The molecule has 1 aliphatic rings. The molecule has 2 aromatic rings. The molecule has 1 fully saturated rings. The fourth-order valence-electron chi connectivity index (χ4n) is 4.13. The highest BCUT2D eigenvalue weighted by atomic mass is 32.2. The lowest BCUT2D eigenvalue weighted by atomic mass is 9.84. The van der Waals surface area contributed by atoms with Gasteiger partial charge in [0, 0.05) is 23.9 Å². The van der Waals surface area contributed by atoms with Crippen LogP contribution in [0.2, 0.25) is 0 Å². The van der Waals surface area contributed by atoms with Crippen LogP contribution in [0.25, 0.3) is 0 Å². The van der Waals surface area contributed by atoms with Crippen LogP contribution in [0.3, 0.4) is 0 Å². The fraction of sp³-hybridized carbons (Fsp3) is 0.440. The summed E-state index contributed by atoms with van der Waals surface area (Å²) in [7, 11) is 1.62. The Labute approximate surface area is 189 Å². The van der Waals surface area contributed by atoms with Crippen LogP contribution >= 0.6 is 11.8 Å². The van der Waals surface area contributed by atoms with Crippen molar-refractivity contribution in [3.05, 3.63) is 54.1 Å². The molecule has 0 aliphatic carbocycles. The standard InChI is InChI=1S/C25H32N2O3S/c1-17(15-25(2,3)4)12-22(28)26-19-9-6-8-18(13-19)24-27(23(29)16-31-24)20-10-7-11-21(14-20)30-5/h6-11,13-14,17,24H,12,15-16H2,1-5H3,(H,26,28)/t17-,24-/m1/s1. The largest absolute Gasteiger partial charge is 0.497 e. The van der Waals surface area contributed by atoms with E-state index >= 15 is 0 Å². The van der Waals surface area contributed by atoms with E-state index < -0.39 is 0 Å². The van der Waals surface area contributed by atoms with Gasteiger partial charge >= 0.3 is 0 Å². The molecule has 1 aliphatic heterocycles. The van der Waals surface area contributed by atoms with Crippen molar-refractivity contribution in [1.82, 2.24) is 0 Å². The molecule has 0 spiro atoms. The Bertz CT molecular complexity index is 938. The predicted molar refractivity (Wildman–Crippen MR) is 129 cm³/mol. The van der Waals surface area contributed by atoms with Crippen molar-refractivity contribution in [1.29, 1.82) is 0 Å². The zero-order valence-corrected chi connectivity index (χ0v) is 19.8. The summed E-state index contributed by atoms with van der Waals surface area (Å²) in [6.45, 7) is 8.70. The maximum atomic E-state index is 12.7. The lowest BCUT2D eigenvalue weighted by Gasteiger charge is -2.25. The van der Waals surface area contributed by atoms with Gasteiger partial charge in [0.25, 0.3) is 0 Å². The minimum atomic E-state index is -0.142. The van der Waals surface area contributed by atoms with Crippen LogP contribution in [0.15, 0.2) is 48.5 Å². The Morgan fingerprint density at radius 3 is 2.68 bits per heavy atom. The summed E-state index contributed by atoms with van der Waals surface area (Å²) in [6, 6.07) is 15.3. The van der Waals surface area contributed by atoms with E-state index in [1.807, 2.05) is 48.5 Å². The van der Waals surface area contributed by atoms with E-state index in [0.717, 1.165) is 23.4 Å². The first kappa shape index (κ1) is 23.2. The van der Waals surface area contributed by atoms with Crippen molar-refractivity contribution in [2.45, 2.75) is 45.9 Å². The topological polar surface area (TPSA) is 58.6 Å². The SMILES string of the molecule is COc1cccc(N2C(=O)CS[C@@H]2c2cccc(NC(=O)C[C@@H](C)CC(C)(C)C)c2)c1. The lowest BCUT2D eigenvalue weighted by molar-refractivity contribution is -0.117. The van der Waals surface area contributed by atoms with Gasteiger partial charge in [-0.15, -0.1) is 11.8 Å². The van der Waals surface area contributed by atoms with E-state index in [-0.39, 0.29) is 22.6 Å². The van der Waals surface area contributed by atoms with E-state index in [1.165, 1.54) is 0 Å². The molecule has 3 rings (SSSR count). The van der Waals surface area contributed by atoms with Gasteiger partial charge in [-0.3, -0.25) is 14.5 Å². The fourth-order valence-corrected chi connectivity index (χ4v) is 5.29. The van der Waals surface area contributed by atoms with Crippen LogP contribution in [-0.4, -0.2) is 24.7 Å². The number of rotatable bonds is 7. The Morgan fingerprint density at radius 2 is 1.97 bits per heavy atom. The number of nitrogens with one attached hydrogen (secondary N) is 1. The highest BCUT2D eigenvalue weighted by Crippen LogP contribution is 2.43. The van der Waals surface area contributed by atoms with Crippen molar-refractivity contribution in [2.75, 3.05) is 23.1 Å². The number of carbonyl (C=O) groups is 2. The van der Waals surface area contributed by atoms with Gasteiger partial charge in [0.15, 0.2) is 0 Å². The van der Waals surface area contributed by atoms with Gasteiger partial charge in [-0.25, -0.2) is 0 Å². The van der Waals surface area contributed by atoms with Gasteiger partial charge in [0.05, 0.1) is 12.9 Å². The van der Waals surface area contributed by atoms with E-state index in [4.69, 9.17) is 4.74 Å². The Morgan fingerprint density at radius 1 is 1.23 bits per heavy atom. The first-order valence-electron chi connectivity index (χ1n) is 10.6. The Balaban J connectivity index is 1.74. The molecular weight excluding hydrogens is 408 g/mol. The minimum Gasteiger partial charge on any atom is -0.497 e. The van der Waals surface area contributed by atoms with Crippen molar-refractivity contribution >= 4 is 35.0 Å². The number of ether oxygens (including phenoxy) is 1. The van der Waals surface area contributed by atoms with E-state index in [1.54, 1.807) is 23.8 Å². The highest BCUT2D eigenvalue weighted by molar-refractivity contribution is 8.00. The molecule has 0 unspecified atom stereocenters. The number of hydrogen-bond donors (Lipinski definition) is 1. The molecule has 1 heterocycles. The van der Waals surface area contributed by atoms with Gasteiger partial charge in [0.2, 0.25) is 11.8 Å². The Hall–Kier alpha value is -2.47. The molecule has 1 N–H and O–H groups in total. The molecular formula is C25H32N2O3S. The molecule has 31 heavy (non-hydrogen) atoms. The van der Waals surface area contributed by atoms with Crippen LogP contribution in [0.4, 0.5) is 11.4 Å². The van der Waals surface area contributed by atoms with Crippen LogP contribution in [0.5, 0.6) is 5.75 Å². The molecule has 2 amide bonds. The summed E-state index contributed by atoms with van der Waals surface area (Å²) < 4.78 is 5.32. The summed E-state index contributed by atoms with van der Waals surface area (Å²) in [6.07, 6.45) is 1.49. The van der Waals surface area contributed by atoms with Gasteiger partial charge < -0.3 is 10.1 Å². The van der Waals surface area contributed by atoms with Crippen molar-refractivity contribution < 1.29 is 14.3 Å². The van der Waals surface area contributed by atoms with Gasteiger partial charge in [-0.05, 0) is 47.6 Å². The van der Waals surface area contributed by atoms with Gasteiger partial charge in [0.1, 0.15) is 11.1 Å². The number of nitrogens with zero attached hydrogens (tertiary/aromatic N) is 1. The molecule has 2 aromatic carbocycles. The first-order valence-corrected chi connectivity index (χ1v) is 11.7. The third-order valence-corrected chi connectivity index (χ3v) is 6.36. The van der Waals surface area contributed by atoms with E-state index in [0.29, 0.717) is 23.8 Å². The summed E-state index contributed by atoms with van der Waals surface area (Å²) in [5.74, 6) is 1.53. The first-order chi connectivity index (χ1) is 14.7. The average Bonchev–Trinajstić information content (AvgIpc) is 3.08.